The highest BCUT2D eigenvalue weighted by atomic mass is 16.5. The van der Waals surface area contributed by atoms with Crippen LogP contribution in [0.25, 0.3) is 0 Å². The van der Waals surface area contributed by atoms with E-state index in [1.807, 2.05) is 72.8 Å². The van der Waals surface area contributed by atoms with Gasteiger partial charge in [0.25, 0.3) is 5.91 Å². The zero-order chi connectivity index (χ0) is 27.8. The molecule has 4 aromatic carbocycles. The monoisotopic (exact) mass is 534 g/mol. The number of methoxy groups -OCH3 is 1. The van der Waals surface area contributed by atoms with Crippen molar-refractivity contribution < 1.29 is 19.1 Å². The maximum absolute atomic E-state index is 13.4. The number of ether oxygens (including phenoxy) is 2. The average molecular weight is 535 g/mol. The Balaban J connectivity index is 1.26. The third-order valence-electron chi connectivity index (χ3n) is 7.68. The van der Waals surface area contributed by atoms with Crippen LogP contribution >= 0.6 is 0 Å². The molecule has 1 aliphatic heterocycles. The first-order valence-electron chi connectivity index (χ1n) is 13.6. The van der Waals surface area contributed by atoms with Crippen LogP contribution in [0, 0.1) is 0 Å². The molecule has 0 unspecified atom stereocenters. The predicted molar refractivity (Wildman–Crippen MR) is 157 cm³/mol. The van der Waals surface area contributed by atoms with Gasteiger partial charge >= 0.3 is 0 Å². The lowest BCUT2D eigenvalue weighted by Gasteiger charge is -2.38. The molecule has 204 valence electrons. The summed E-state index contributed by atoms with van der Waals surface area (Å²) in [5.41, 5.74) is 3.98. The fourth-order valence-corrected chi connectivity index (χ4v) is 5.33. The number of rotatable bonds is 9. The number of hydrogen-bond acceptors (Lipinski definition) is 4. The highest BCUT2D eigenvalue weighted by molar-refractivity contribution is 5.99. The second kappa shape index (κ2) is 12.6. The van der Waals surface area contributed by atoms with Crippen LogP contribution in [0.3, 0.4) is 0 Å². The Hall–Kier alpha value is -4.42. The van der Waals surface area contributed by atoms with Gasteiger partial charge in [-0.1, -0.05) is 72.8 Å². The highest BCUT2D eigenvalue weighted by Gasteiger charge is 2.35. The Morgan fingerprint density at radius 2 is 1.38 bits per heavy atom. The summed E-state index contributed by atoms with van der Waals surface area (Å²) < 4.78 is 10.9. The van der Waals surface area contributed by atoms with Gasteiger partial charge in [0.15, 0.2) is 0 Å². The minimum Gasteiger partial charge on any atom is -0.497 e. The lowest BCUT2D eigenvalue weighted by molar-refractivity contribution is -0.116. The van der Waals surface area contributed by atoms with Gasteiger partial charge in [-0.05, 0) is 65.9 Å². The Bertz CT molecular complexity index is 1360. The molecule has 6 heteroatoms. The van der Waals surface area contributed by atoms with E-state index in [0.29, 0.717) is 31.0 Å². The Labute approximate surface area is 235 Å². The zero-order valence-electron chi connectivity index (χ0n) is 22.6. The van der Waals surface area contributed by atoms with Crippen molar-refractivity contribution in [3.05, 3.63) is 131 Å². The van der Waals surface area contributed by atoms with E-state index in [9.17, 15) is 9.59 Å². The number of anilines is 1. The highest BCUT2D eigenvalue weighted by Crippen LogP contribution is 2.35. The van der Waals surface area contributed by atoms with Crippen molar-refractivity contribution in [2.24, 2.45) is 0 Å². The largest absolute Gasteiger partial charge is 0.497 e. The smallest absolute Gasteiger partial charge is 0.251 e. The SMILES string of the molecule is COc1ccc(C2(CNC(=O)c3ccc(NC(=O)C(c4ccccc4)c4ccccc4)cc3)CCOCC2)cc1. The van der Waals surface area contributed by atoms with E-state index in [2.05, 4.69) is 22.8 Å². The number of hydrogen-bond donors (Lipinski definition) is 2. The molecule has 1 aliphatic rings. The van der Waals surface area contributed by atoms with Crippen LogP contribution in [0.15, 0.2) is 109 Å². The van der Waals surface area contributed by atoms with Gasteiger partial charge in [0.1, 0.15) is 5.75 Å². The van der Waals surface area contributed by atoms with Gasteiger partial charge in [0.05, 0.1) is 13.0 Å². The van der Waals surface area contributed by atoms with Crippen molar-refractivity contribution in [3.8, 4) is 5.75 Å². The van der Waals surface area contributed by atoms with Crippen LogP contribution in [-0.2, 0) is 14.9 Å². The van der Waals surface area contributed by atoms with E-state index < -0.39 is 5.92 Å². The van der Waals surface area contributed by atoms with Gasteiger partial charge in [-0.25, -0.2) is 0 Å². The number of carbonyl (C=O) groups excluding carboxylic acids is 2. The molecule has 0 atom stereocenters. The molecule has 0 saturated carbocycles. The van der Waals surface area contributed by atoms with Crippen molar-refractivity contribution in [3.63, 3.8) is 0 Å². The summed E-state index contributed by atoms with van der Waals surface area (Å²) in [5, 5.41) is 6.18. The summed E-state index contributed by atoms with van der Waals surface area (Å²) in [7, 11) is 1.65. The molecule has 0 radical (unpaired) electrons. The summed E-state index contributed by atoms with van der Waals surface area (Å²) in [6, 6.07) is 34.6. The average Bonchev–Trinajstić information content (AvgIpc) is 3.02. The van der Waals surface area contributed by atoms with Crippen LogP contribution in [0.4, 0.5) is 5.69 Å². The summed E-state index contributed by atoms with van der Waals surface area (Å²) >= 11 is 0. The Morgan fingerprint density at radius 3 is 1.93 bits per heavy atom. The van der Waals surface area contributed by atoms with Crippen molar-refractivity contribution in [1.29, 1.82) is 0 Å². The lowest BCUT2D eigenvalue weighted by Crippen LogP contribution is -2.44. The molecular weight excluding hydrogens is 500 g/mol. The first-order chi connectivity index (χ1) is 19.6. The third-order valence-corrected chi connectivity index (χ3v) is 7.68. The van der Waals surface area contributed by atoms with Gasteiger partial charge in [0.2, 0.25) is 5.91 Å². The molecule has 0 aromatic heterocycles. The predicted octanol–water partition coefficient (Wildman–Crippen LogP) is 5.94. The van der Waals surface area contributed by atoms with Gasteiger partial charge in [-0.15, -0.1) is 0 Å². The molecule has 4 aromatic rings. The van der Waals surface area contributed by atoms with Crippen molar-refractivity contribution in [2.45, 2.75) is 24.2 Å². The van der Waals surface area contributed by atoms with Crippen molar-refractivity contribution in [2.75, 3.05) is 32.2 Å². The maximum atomic E-state index is 13.4. The molecule has 2 amide bonds. The van der Waals surface area contributed by atoms with Crippen LogP contribution in [0.5, 0.6) is 5.75 Å². The first kappa shape index (κ1) is 27.2. The van der Waals surface area contributed by atoms with E-state index in [1.165, 1.54) is 5.56 Å². The minimum atomic E-state index is -0.445. The van der Waals surface area contributed by atoms with E-state index >= 15 is 0 Å². The van der Waals surface area contributed by atoms with Gasteiger partial charge in [-0.3, -0.25) is 9.59 Å². The molecule has 0 aliphatic carbocycles. The van der Waals surface area contributed by atoms with E-state index in [-0.39, 0.29) is 17.2 Å². The van der Waals surface area contributed by atoms with E-state index in [1.54, 1.807) is 31.4 Å². The van der Waals surface area contributed by atoms with Gasteiger partial charge < -0.3 is 20.1 Å². The molecule has 1 fully saturated rings. The van der Waals surface area contributed by atoms with Crippen molar-refractivity contribution >= 4 is 17.5 Å². The summed E-state index contributed by atoms with van der Waals surface area (Å²) in [4.78, 5) is 26.5. The summed E-state index contributed by atoms with van der Waals surface area (Å²) in [6.07, 6.45) is 1.66. The zero-order valence-corrected chi connectivity index (χ0v) is 22.6. The molecule has 5 rings (SSSR count). The molecule has 1 saturated heterocycles. The summed E-state index contributed by atoms with van der Waals surface area (Å²) in [6.45, 7) is 1.82. The number of carbonyl (C=O) groups is 2. The molecule has 2 N–H and O–H groups in total. The number of nitrogens with one attached hydrogen (secondary N) is 2. The third kappa shape index (κ3) is 6.24. The number of benzene rings is 4. The fraction of sp³-hybridized carbons (Fsp3) is 0.235. The molecule has 0 spiro atoms. The van der Waals surface area contributed by atoms with Gasteiger partial charge in [-0.2, -0.15) is 0 Å². The topological polar surface area (TPSA) is 76.7 Å². The molecule has 6 nitrogen and oxygen atoms in total. The van der Waals surface area contributed by atoms with Crippen LogP contribution in [0.2, 0.25) is 0 Å². The number of amides is 2. The molecule has 40 heavy (non-hydrogen) atoms. The quantitative estimate of drug-likeness (QED) is 0.279. The van der Waals surface area contributed by atoms with E-state index in [0.717, 1.165) is 29.7 Å². The lowest BCUT2D eigenvalue weighted by atomic mass is 9.74. The van der Waals surface area contributed by atoms with Gasteiger partial charge in [0, 0.05) is 36.4 Å². The molecular formula is C34H34N2O4. The second-order valence-corrected chi connectivity index (χ2v) is 10.1. The normalized spacial score (nSPS) is 14.3. The van der Waals surface area contributed by atoms with Crippen LogP contribution in [0.1, 0.15) is 45.8 Å². The van der Waals surface area contributed by atoms with Crippen molar-refractivity contribution in [1.82, 2.24) is 5.32 Å². The fourth-order valence-electron chi connectivity index (χ4n) is 5.33. The first-order valence-corrected chi connectivity index (χ1v) is 13.6. The molecule has 0 bridgehead atoms. The Morgan fingerprint density at radius 1 is 0.800 bits per heavy atom. The van der Waals surface area contributed by atoms with Crippen LogP contribution in [-0.4, -0.2) is 38.7 Å². The van der Waals surface area contributed by atoms with E-state index in [4.69, 9.17) is 9.47 Å². The minimum absolute atomic E-state index is 0.129. The van der Waals surface area contributed by atoms with Crippen LogP contribution < -0.4 is 15.4 Å². The summed E-state index contributed by atoms with van der Waals surface area (Å²) in [5.74, 6) is 0.0827. The molecule has 1 heterocycles. The Kier molecular flexibility index (Phi) is 8.57. The second-order valence-electron chi connectivity index (χ2n) is 10.1. The standard InChI is InChI=1S/C34H34N2O4/c1-39-30-18-14-28(15-19-30)34(20-22-40-23-21-34)24-35-32(37)27-12-16-29(17-13-27)36-33(38)31(25-8-4-2-5-9-25)26-10-6-3-7-11-26/h2-19,31H,20-24H2,1H3,(H,35,37)(H,36,38). The maximum Gasteiger partial charge on any atom is 0.251 e.